The molecule has 1 saturated carbocycles. The van der Waals surface area contributed by atoms with E-state index in [0.717, 1.165) is 4.90 Å². The van der Waals surface area contributed by atoms with Crippen LogP contribution in [0.4, 0.5) is 29.7 Å². The van der Waals surface area contributed by atoms with E-state index in [1.165, 1.54) is 38.2 Å². The second kappa shape index (κ2) is 29.5. The summed E-state index contributed by atoms with van der Waals surface area (Å²) in [6.45, 7) is 20.8. The van der Waals surface area contributed by atoms with E-state index in [1.807, 2.05) is 0 Å². The normalized spacial score (nSPS) is 26.1. The summed E-state index contributed by atoms with van der Waals surface area (Å²) in [6, 6.07) is 0.776. The number of amides is 6. The number of rotatable bonds is 21. The van der Waals surface area contributed by atoms with Crippen LogP contribution in [0.25, 0.3) is 0 Å². The zero-order valence-corrected chi connectivity index (χ0v) is 50.2. The first kappa shape index (κ1) is 69.2. The molecule has 10 N–H and O–H groups in total. The van der Waals surface area contributed by atoms with E-state index in [4.69, 9.17) is 37.9 Å². The SMILES string of the molecule is CN(C(=O)OC(C)(C)C)[C@@H]1[C@@H](O)[C@@H](O[C@@H]2[C@@H](O)[C@H](C3OC(CNC(=O)OCc4ccc([N+](=O)[O-])cc4)=CC[C@H]3NCCCCNC(=O)OC(C)(C)C)[C@@H](NC(=O)OC(C)(C)C)C[C@H]2NC(=O)[C@@H](O)CCNC(=O)OC(C)(C)C)OC[C@]1(C)O. The topological polar surface area (TPSA) is 376 Å². The summed E-state index contributed by atoms with van der Waals surface area (Å²) in [7, 11) is 1.31. The molecule has 1 unspecified atom stereocenters. The molecule has 2 fully saturated rings. The fourth-order valence-electron chi connectivity index (χ4n) is 9.44. The number of nitrogens with one attached hydrogen (secondary N) is 6. The molecule has 0 radical (unpaired) electrons. The number of ether oxygens (including phenoxy) is 8. The molecule has 1 aromatic carbocycles. The van der Waals surface area contributed by atoms with E-state index in [-0.39, 0.29) is 57.0 Å². The fraction of sp³-hybridized carbons (Fsp3) is 0.745. The van der Waals surface area contributed by atoms with Crippen molar-refractivity contribution in [2.75, 3.05) is 39.8 Å². The quantitative estimate of drug-likeness (QED) is 0.0361. The van der Waals surface area contributed by atoms with E-state index < -0.39 is 143 Å². The van der Waals surface area contributed by atoms with Crippen molar-refractivity contribution in [3.63, 3.8) is 0 Å². The maximum absolute atomic E-state index is 14.1. The van der Waals surface area contributed by atoms with Crippen molar-refractivity contribution in [3.05, 3.63) is 51.8 Å². The van der Waals surface area contributed by atoms with Gasteiger partial charge in [-0.1, -0.05) is 0 Å². The predicted octanol–water partition coefficient (Wildman–Crippen LogP) is 3.88. The molecule has 2 heterocycles. The molecule has 0 aromatic heterocycles. The third kappa shape index (κ3) is 23.0. The number of hydrogen-bond donors (Lipinski definition) is 10. The number of nitro benzene ring substituents is 1. The average Bonchev–Trinajstić information content (AvgIpc) is 3.56. The summed E-state index contributed by atoms with van der Waals surface area (Å²) in [6.07, 6.45) is -11.7. The van der Waals surface area contributed by atoms with Crippen molar-refractivity contribution in [3.8, 4) is 0 Å². The van der Waals surface area contributed by atoms with Gasteiger partial charge in [0.15, 0.2) is 6.29 Å². The first-order valence-electron chi connectivity index (χ1n) is 27.8. The van der Waals surface area contributed by atoms with Crippen molar-refractivity contribution in [1.29, 1.82) is 0 Å². The van der Waals surface area contributed by atoms with Gasteiger partial charge in [-0.25, -0.2) is 24.0 Å². The molecular formula is C55H90N8O20. The van der Waals surface area contributed by atoms with Crippen LogP contribution in [0.15, 0.2) is 36.1 Å². The predicted molar refractivity (Wildman–Crippen MR) is 297 cm³/mol. The highest BCUT2D eigenvalue weighted by Crippen LogP contribution is 2.39. The van der Waals surface area contributed by atoms with Gasteiger partial charge in [-0.3, -0.25) is 14.9 Å². The van der Waals surface area contributed by atoms with Gasteiger partial charge < -0.3 is 95.1 Å². The van der Waals surface area contributed by atoms with Crippen molar-refractivity contribution in [2.24, 2.45) is 5.92 Å². The first-order chi connectivity index (χ1) is 38.3. The highest BCUT2D eigenvalue weighted by atomic mass is 16.7. The summed E-state index contributed by atoms with van der Waals surface area (Å²) in [5.74, 6) is -2.03. The van der Waals surface area contributed by atoms with E-state index in [0.29, 0.717) is 24.9 Å². The number of likely N-dealkylation sites (N-methyl/N-ethyl adjacent to an activating group) is 1. The van der Waals surface area contributed by atoms with E-state index in [1.54, 1.807) is 89.2 Å². The molecule has 83 heavy (non-hydrogen) atoms. The Morgan fingerprint density at radius 3 is 1.90 bits per heavy atom. The molecule has 2 aliphatic heterocycles. The Hall–Kier alpha value is -6.30. The van der Waals surface area contributed by atoms with Crippen molar-refractivity contribution >= 4 is 42.1 Å². The number of non-ortho nitro benzene ring substituents is 1. The van der Waals surface area contributed by atoms with Gasteiger partial charge in [0.05, 0.1) is 36.3 Å². The Labute approximate surface area is 484 Å². The molecule has 1 saturated heterocycles. The fourth-order valence-corrected chi connectivity index (χ4v) is 9.44. The van der Waals surface area contributed by atoms with Crippen LogP contribution in [-0.4, -0.2) is 195 Å². The molecular weight excluding hydrogens is 1090 g/mol. The van der Waals surface area contributed by atoms with Gasteiger partial charge in [-0.2, -0.15) is 0 Å². The summed E-state index contributed by atoms with van der Waals surface area (Å²) in [5, 5.41) is 76.0. The number of nitrogens with zero attached hydrogens (tertiary/aromatic N) is 2. The summed E-state index contributed by atoms with van der Waals surface area (Å²) in [4.78, 5) is 90.9. The number of alkyl carbamates (subject to hydrolysis) is 4. The number of benzene rings is 1. The van der Waals surface area contributed by atoms with Crippen LogP contribution >= 0.6 is 0 Å². The van der Waals surface area contributed by atoms with Gasteiger partial charge in [0.25, 0.3) is 5.69 Å². The van der Waals surface area contributed by atoms with Gasteiger partial charge >= 0.3 is 30.5 Å². The third-order valence-corrected chi connectivity index (χ3v) is 13.0. The van der Waals surface area contributed by atoms with Gasteiger partial charge in [0, 0.05) is 50.3 Å². The molecule has 470 valence electrons. The van der Waals surface area contributed by atoms with Crippen molar-refractivity contribution in [1.82, 2.24) is 36.8 Å². The molecule has 0 bridgehead atoms. The van der Waals surface area contributed by atoms with Crippen LogP contribution in [-0.2, 0) is 49.3 Å². The Morgan fingerprint density at radius 2 is 1.33 bits per heavy atom. The maximum atomic E-state index is 14.1. The number of aliphatic hydroxyl groups excluding tert-OH is 3. The zero-order chi connectivity index (χ0) is 62.4. The second-order valence-electron chi connectivity index (χ2n) is 25.1. The highest BCUT2D eigenvalue weighted by Gasteiger charge is 2.56. The van der Waals surface area contributed by atoms with Crippen LogP contribution in [0.3, 0.4) is 0 Å². The molecule has 1 aliphatic carbocycles. The lowest BCUT2D eigenvalue weighted by Gasteiger charge is -2.52. The maximum Gasteiger partial charge on any atom is 0.410 e. The molecule has 4 rings (SSSR count). The van der Waals surface area contributed by atoms with Gasteiger partial charge in [-0.05, 0) is 152 Å². The molecule has 28 nitrogen and oxygen atoms in total. The molecule has 6 amide bonds. The number of aliphatic hydroxyl groups is 4. The number of carbonyl (C=O) groups excluding carboxylic acids is 6. The van der Waals surface area contributed by atoms with Crippen molar-refractivity contribution < 1.29 is 92.0 Å². The number of unbranched alkanes of at least 4 members (excludes halogenated alkanes) is 1. The molecule has 3 aliphatic rings. The van der Waals surface area contributed by atoms with Crippen LogP contribution in [0.5, 0.6) is 0 Å². The van der Waals surface area contributed by atoms with E-state index in [9.17, 15) is 59.3 Å². The third-order valence-electron chi connectivity index (χ3n) is 13.0. The lowest BCUT2D eigenvalue weighted by atomic mass is 9.72. The lowest BCUT2D eigenvalue weighted by Crippen LogP contribution is -2.71. The van der Waals surface area contributed by atoms with Gasteiger partial charge in [0.1, 0.15) is 64.8 Å². The monoisotopic (exact) mass is 1180 g/mol. The first-order valence-corrected chi connectivity index (χ1v) is 27.8. The number of nitro groups is 1. The Balaban J connectivity index is 1.75. The highest BCUT2D eigenvalue weighted by molar-refractivity contribution is 5.81. The molecule has 28 heteroatoms. The van der Waals surface area contributed by atoms with E-state index >= 15 is 0 Å². The van der Waals surface area contributed by atoms with Crippen LogP contribution in [0.2, 0.25) is 0 Å². The Bertz CT molecular complexity index is 2380. The largest absolute Gasteiger partial charge is 0.491 e. The molecule has 12 atom stereocenters. The minimum atomic E-state index is -1.90. The second-order valence-corrected chi connectivity index (χ2v) is 25.1. The van der Waals surface area contributed by atoms with Gasteiger partial charge in [0.2, 0.25) is 5.91 Å². The van der Waals surface area contributed by atoms with Crippen molar-refractivity contribution in [2.45, 2.75) is 218 Å². The van der Waals surface area contributed by atoms with Crippen LogP contribution < -0.4 is 31.9 Å². The standard InChI is InChI=1S/C55H90N8O20/c1-51(2,3)80-47(69)57-25-16-15-24-56-34-22-21-33(28-59-46(68)76-29-31-17-19-32(20-18-31)63(74)75)78-41(34)38-35(61-49(71)82-53(7,8)9)27-36(60-44(67)37(64)23-26-58-48(70)81-52(4,5)6)42(39(38)65)79-45-40(66)43(55(13,73)30-77-45)62(14)50(72)83-54(10,11)12/h17-21,34-43,45,56,64-66,73H,15-16,22-30H2,1-14H3,(H,57,69)(H,58,70)(H,59,68)(H,60,67)(H,61,71)/t34-,35+,36-,37+,38-,39+,40-,41?,42+,43-,45-,55+/m1/s1. The molecule has 0 spiro atoms. The smallest absolute Gasteiger partial charge is 0.410 e. The van der Waals surface area contributed by atoms with Crippen LogP contribution in [0.1, 0.15) is 128 Å². The lowest BCUT2D eigenvalue weighted by molar-refractivity contribution is -0.384. The van der Waals surface area contributed by atoms with Crippen LogP contribution in [0, 0.1) is 16.0 Å². The minimum Gasteiger partial charge on any atom is -0.491 e. The Morgan fingerprint density at radius 1 is 0.759 bits per heavy atom. The minimum absolute atomic E-state index is 0.145. The number of hydrogen-bond acceptors (Lipinski definition) is 21. The molecule has 1 aromatic rings. The average molecular weight is 1180 g/mol. The number of carbonyl (C=O) groups is 6. The summed E-state index contributed by atoms with van der Waals surface area (Å²) >= 11 is 0. The Kier molecular flexibility index (Phi) is 24.6. The summed E-state index contributed by atoms with van der Waals surface area (Å²) in [5.41, 5.74) is -5.12. The van der Waals surface area contributed by atoms with E-state index in [2.05, 4.69) is 31.9 Å². The summed E-state index contributed by atoms with van der Waals surface area (Å²) < 4.78 is 46.5. The zero-order valence-electron chi connectivity index (χ0n) is 50.2. The van der Waals surface area contributed by atoms with Gasteiger partial charge in [-0.15, -0.1) is 0 Å².